The average molecular weight is 388 g/mol. The van der Waals surface area contributed by atoms with Crippen LogP contribution in [0.15, 0.2) is 58.8 Å². The standard InChI is InChI=1S/C18H20N4O4S/c1-14(15-5-7-19-8-6-15)20-21-18(23)16-3-2-4-17(13-16)27(24,25)22-9-11-26-12-10-22/h2-8,13H,9-12H2,1H3,(H,21,23)/b20-14+. The molecule has 1 saturated heterocycles. The second-order valence-corrected chi connectivity index (χ2v) is 7.86. The summed E-state index contributed by atoms with van der Waals surface area (Å²) in [5.74, 6) is -0.484. The first-order chi connectivity index (χ1) is 13.0. The summed E-state index contributed by atoms with van der Waals surface area (Å²) in [5, 5.41) is 4.07. The SMILES string of the molecule is C/C(=N\NC(=O)c1cccc(S(=O)(=O)N2CCOCC2)c1)c1ccncc1. The number of benzene rings is 1. The minimum Gasteiger partial charge on any atom is -0.379 e. The predicted molar refractivity (Wildman–Crippen MR) is 99.9 cm³/mol. The van der Waals surface area contributed by atoms with Crippen LogP contribution in [-0.2, 0) is 14.8 Å². The summed E-state index contributed by atoms with van der Waals surface area (Å²) >= 11 is 0. The van der Waals surface area contributed by atoms with Gasteiger partial charge in [-0.1, -0.05) is 6.07 Å². The molecule has 1 aliphatic heterocycles. The maximum absolute atomic E-state index is 12.7. The Morgan fingerprint density at radius 2 is 1.85 bits per heavy atom. The number of nitrogens with zero attached hydrogens (tertiary/aromatic N) is 3. The smallest absolute Gasteiger partial charge is 0.271 e. The van der Waals surface area contributed by atoms with E-state index in [1.54, 1.807) is 43.6 Å². The number of aromatic nitrogens is 1. The van der Waals surface area contributed by atoms with Gasteiger partial charge in [0.2, 0.25) is 10.0 Å². The lowest BCUT2D eigenvalue weighted by Crippen LogP contribution is -2.40. The first kappa shape index (κ1) is 19.2. The molecule has 27 heavy (non-hydrogen) atoms. The molecular formula is C18H20N4O4S. The zero-order chi connectivity index (χ0) is 19.3. The molecule has 0 atom stereocenters. The van der Waals surface area contributed by atoms with Crippen molar-refractivity contribution in [3.8, 4) is 0 Å². The van der Waals surface area contributed by atoms with Crippen LogP contribution in [0.2, 0.25) is 0 Å². The van der Waals surface area contributed by atoms with Crippen molar-refractivity contribution in [2.45, 2.75) is 11.8 Å². The summed E-state index contributed by atoms with van der Waals surface area (Å²) in [6.07, 6.45) is 3.27. The molecule has 9 heteroatoms. The number of hydrogen-bond donors (Lipinski definition) is 1. The number of nitrogens with one attached hydrogen (secondary N) is 1. The van der Waals surface area contributed by atoms with Gasteiger partial charge >= 0.3 is 0 Å². The quantitative estimate of drug-likeness (QED) is 0.614. The number of ether oxygens (including phenoxy) is 1. The molecule has 1 N–H and O–H groups in total. The normalized spacial score (nSPS) is 16.1. The van der Waals surface area contributed by atoms with Crippen LogP contribution in [0.4, 0.5) is 0 Å². The highest BCUT2D eigenvalue weighted by Crippen LogP contribution is 2.18. The monoisotopic (exact) mass is 388 g/mol. The maximum Gasteiger partial charge on any atom is 0.271 e. The summed E-state index contributed by atoms with van der Waals surface area (Å²) in [7, 11) is -3.66. The van der Waals surface area contributed by atoms with E-state index in [2.05, 4.69) is 15.5 Å². The third-order valence-corrected chi connectivity index (χ3v) is 6.02. The fourth-order valence-corrected chi connectivity index (χ4v) is 4.05. The van der Waals surface area contributed by atoms with Crippen LogP contribution in [0.1, 0.15) is 22.8 Å². The second-order valence-electron chi connectivity index (χ2n) is 5.92. The molecule has 3 rings (SSSR count). The number of pyridine rings is 1. The van der Waals surface area contributed by atoms with Crippen molar-refractivity contribution >= 4 is 21.6 Å². The van der Waals surface area contributed by atoms with Gasteiger partial charge in [0.25, 0.3) is 5.91 Å². The van der Waals surface area contributed by atoms with E-state index >= 15 is 0 Å². The molecule has 0 saturated carbocycles. The van der Waals surface area contributed by atoms with Crippen molar-refractivity contribution in [3.05, 3.63) is 59.9 Å². The topological polar surface area (TPSA) is 101 Å². The van der Waals surface area contributed by atoms with Crippen molar-refractivity contribution in [3.63, 3.8) is 0 Å². The lowest BCUT2D eigenvalue weighted by atomic mass is 10.2. The highest BCUT2D eigenvalue weighted by molar-refractivity contribution is 7.89. The molecule has 1 amide bonds. The Balaban J connectivity index is 1.76. The summed E-state index contributed by atoms with van der Waals surface area (Å²) in [4.78, 5) is 16.4. The van der Waals surface area contributed by atoms with Gasteiger partial charge in [-0.25, -0.2) is 13.8 Å². The van der Waals surface area contributed by atoms with Gasteiger partial charge in [0.05, 0.1) is 23.8 Å². The van der Waals surface area contributed by atoms with Crippen LogP contribution >= 0.6 is 0 Å². The Bertz CT molecular complexity index is 939. The van der Waals surface area contributed by atoms with Crippen LogP contribution in [-0.4, -0.2) is 55.6 Å². The van der Waals surface area contributed by atoms with E-state index in [4.69, 9.17) is 4.74 Å². The minimum atomic E-state index is -3.66. The molecule has 2 heterocycles. The Morgan fingerprint density at radius 1 is 1.15 bits per heavy atom. The van der Waals surface area contributed by atoms with Gasteiger partial charge in [-0.15, -0.1) is 0 Å². The molecule has 2 aromatic rings. The van der Waals surface area contributed by atoms with Gasteiger partial charge in [-0.3, -0.25) is 9.78 Å². The van der Waals surface area contributed by atoms with Gasteiger partial charge in [0.15, 0.2) is 0 Å². The zero-order valence-electron chi connectivity index (χ0n) is 14.8. The Labute approximate surface area is 157 Å². The second kappa shape index (κ2) is 8.38. The van der Waals surface area contributed by atoms with Crippen molar-refractivity contribution in [2.24, 2.45) is 5.10 Å². The molecule has 0 aliphatic carbocycles. The summed E-state index contributed by atoms with van der Waals surface area (Å²) in [5.41, 5.74) is 4.12. The summed E-state index contributed by atoms with van der Waals surface area (Å²) in [6.45, 7) is 3.09. The molecular weight excluding hydrogens is 368 g/mol. The Kier molecular flexibility index (Phi) is 5.94. The summed E-state index contributed by atoms with van der Waals surface area (Å²) in [6, 6.07) is 9.48. The average Bonchev–Trinajstić information content (AvgIpc) is 2.73. The van der Waals surface area contributed by atoms with E-state index in [1.807, 2.05) is 0 Å². The van der Waals surface area contributed by atoms with Crippen LogP contribution in [0, 0.1) is 0 Å². The van der Waals surface area contributed by atoms with Gasteiger partial charge in [-0.05, 0) is 37.3 Å². The van der Waals surface area contributed by atoms with Gasteiger partial charge < -0.3 is 4.74 Å². The molecule has 0 spiro atoms. The van der Waals surface area contributed by atoms with Crippen molar-refractivity contribution in [1.29, 1.82) is 0 Å². The van der Waals surface area contributed by atoms with E-state index in [9.17, 15) is 13.2 Å². The van der Waals surface area contributed by atoms with Crippen molar-refractivity contribution < 1.29 is 17.9 Å². The number of amides is 1. The highest BCUT2D eigenvalue weighted by Gasteiger charge is 2.26. The number of hydrogen-bond acceptors (Lipinski definition) is 6. The molecule has 1 aliphatic rings. The number of sulfonamides is 1. The van der Waals surface area contributed by atoms with Crippen LogP contribution in [0.3, 0.4) is 0 Å². The number of carbonyl (C=O) groups is 1. The van der Waals surface area contributed by atoms with Crippen LogP contribution < -0.4 is 5.43 Å². The van der Waals surface area contributed by atoms with Crippen LogP contribution in [0.5, 0.6) is 0 Å². The first-order valence-corrected chi connectivity index (χ1v) is 9.85. The largest absolute Gasteiger partial charge is 0.379 e. The van der Waals surface area contributed by atoms with Crippen molar-refractivity contribution in [2.75, 3.05) is 26.3 Å². The third kappa shape index (κ3) is 4.57. The Hall–Kier alpha value is -2.62. The number of hydrazone groups is 1. The molecule has 142 valence electrons. The number of morpholine rings is 1. The van der Waals surface area contributed by atoms with E-state index < -0.39 is 15.9 Å². The molecule has 8 nitrogen and oxygen atoms in total. The first-order valence-electron chi connectivity index (χ1n) is 8.41. The zero-order valence-corrected chi connectivity index (χ0v) is 15.6. The van der Waals surface area contributed by atoms with Gasteiger partial charge in [-0.2, -0.15) is 9.41 Å². The van der Waals surface area contributed by atoms with E-state index in [1.165, 1.54) is 16.4 Å². The molecule has 1 aromatic carbocycles. The number of carbonyl (C=O) groups excluding carboxylic acids is 1. The minimum absolute atomic E-state index is 0.0758. The molecule has 0 unspecified atom stereocenters. The lowest BCUT2D eigenvalue weighted by molar-refractivity contribution is 0.0730. The maximum atomic E-state index is 12.7. The fourth-order valence-electron chi connectivity index (χ4n) is 2.59. The van der Waals surface area contributed by atoms with Gasteiger partial charge in [0.1, 0.15) is 0 Å². The van der Waals surface area contributed by atoms with Crippen LogP contribution in [0.25, 0.3) is 0 Å². The molecule has 1 aromatic heterocycles. The van der Waals surface area contributed by atoms with E-state index in [0.29, 0.717) is 32.0 Å². The molecule has 0 bridgehead atoms. The van der Waals surface area contributed by atoms with Crippen molar-refractivity contribution in [1.82, 2.24) is 14.7 Å². The summed E-state index contributed by atoms with van der Waals surface area (Å²) < 4.78 is 32.0. The predicted octanol–water partition coefficient (Wildman–Crippen LogP) is 1.26. The highest BCUT2D eigenvalue weighted by atomic mass is 32.2. The molecule has 0 radical (unpaired) electrons. The van der Waals surface area contributed by atoms with Gasteiger partial charge in [0, 0.05) is 36.6 Å². The third-order valence-electron chi connectivity index (χ3n) is 4.13. The molecule has 1 fully saturated rings. The lowest BCUT2D eigenvalue weighted by Gasteiger charge is -2.26. The number of rotatable bonds is 5. The van der Waals surface area contributed by atoms with E-state index in [-0.39, 0.29) is 10.5 Å². The Morgan fingerprint density at radius 3 is 2.56 bits per heavy atom. The van der Waals surface area contributed by atoms with E-state index in [0.717, 1.165) is 5.56 Å². The fraction of sp³-hybridized carbons (Fsp3) is 0.278.